The third-order valence-electron chi connectivity index (χ3n) is 6.46. The summed E-state index contributed by atoms with van der Waals surface area (Å²) in [4.78, 5) is 27.0. The van der Waals surface area contributed by atoms with Crippen LogP contribution in [-0.4, -0.2) is 23.7 Å². The van der Waals surface area contributed by atoms with E-state index in [1.807, 2.05) is 103 Å². The molecule has 3 heterocycles. The van der Waals surface area contributed by atoms with Crippen molar-refractivity contribution in [3.63, 3.8) is 0 Å². The van der Waals surface area contributed by atoms with Crippen molar-refractivity contribution >= 4 is 17.3 Å². The second-order valence-corrected chi connectivity index (χ2v) is 8.44. The van der Waals surface area contributed by atoms with E-state index in [4.69, 9.17) is 9.57 Å². The fourth-order valence-electron chi connectivity index (χ4n) is 4.92. The standard InChI is InChI=1S/C28H23N3O3/c1-30-23-17-8-9-18-24(23)33-28(27(30)32)25(20-12-4-2-5-13-20)26(22-16-10-11-19-29-22)31(34-28)21-14-6-3-7-15-21/h2-19,25-26H,1H3/t25-,26-,28-/m0/s1. The Bertz CT molecular complexity index is 1320. The molecular weight excluding hydrogens is 426 g/mol. The van der Waals surface area contributed by atoms with Gasteiger partial charge in [-0.2, -0.15) is 0 Å². The van der Waals surface area contributed by atoms with Crippen LogP contribution in [0.1, 0.15) is 23.2 Å². The van der Waals surface area contributed by atoms with Gasteiger partial charge in [-0.05, 0) is 42.0 Å². The van der Waals surface area contributed by atoms with Crippen molar-refractivity contribution in [2.45, 2.75) is 17.7 Å². The number of carbonyl (C=O) groups is 1. The van der Waals surface area contributed by atoms with E-state index in [1.165, 1.54) is 0 Å². The van der Waals surface area contributed by atoms with Crippen molar-refractivity contribution in [2.24, 2.45) is 0 Å². The van der Waals surface area contributed by atoms with E-state index in [2.05, 4.69) is 4.98 Å². The fourth-order valence-corrected chi connectivity index (χ4v) is 4.92. The van der Waals surface area contributed by atoms with Crippen molar-refractivity contribution < 1.29 is 14.4 Å². The first kappa shape index (κ1) is 20.4. The molecule has 3 aromatic carbocycles. The molecule has 0 radical (unpaired) electrons. The molecule has 3 atom stereocenters. The van der Waals surface area contributed by atoms with Gasteiger partial charge in [0.05, 0.1) is 23.0 Å². The average Bonchev–Trinajstić information content (AvgIpc) is 3.24. The number of amides is 1. The van der Waals surface area contributed by atoms with E-state index >= 15 is 0 Å². The van der Waals surface area contributed by atoms with E-state index in [0.29, 0.717) is 11.4 Å². The van der Waals surface area contributed by atoms with Crippen LogP contribution in [0.2, 0.25) is 0 Å². The summed E-state index contributed by atoms with van der Waals surface area (Å²) < 4.78 is 6.55. The largest absolute Gasteiger partial charge is 0.449 e. The Kier molecular flexibility index (Phi) is 4.81. The quantitative estimate of drug-likeness (QED) is 0.435. The smallest absolute Gasteiger partial charge is 0.322 e. The highest BCUT2D eigenvalue weighted by Gasteiger charge is 2.65. The van der Waals surface area contributed by atoms with Crippen molar-refractivity contribution in [3.05, 3.63) is 121 Å². The van der Waals surface area contributed by atoms with Crippen LogP contribution in [0.4, 0.5) is 11.4 Å². The molecule has 1 fully saturated rings. The molecule has 168 valence electrons. The van der Waals surface area contributed by atoms with Crippen LogP contribution in [-0.2, 0) is 9.63 Å². The summed E-state index contributed by atoms with van der Waals surface area (Å²) in [5.41, 5.74) is 3.24. The Morgan fingerprint density at radius 2 is 1.50 bits per heavy atom. The van der Waals surface area contributed by atoms with Crippen molar-refractivity contribution in [1.29, 1.82) is 0 Å². The number of hydroxylamine groups is 1. The van der Waals surface area contributed by atoms with Gasteiger partial charge < -0.3 is 9.64 Å². The van der Waals surface area contributed by atoms with Crippen LogP contribution in [0.5, 0.6) is 5.75 Å². The van der Waals surface area contributed by atoms with Gasteiger partial charge >= 0.3 is 11.7 Å². The molecule has 4 aromatic rings. The molecule has 1 aromatic heterocycles. The van der Waals surface area contributed by atoms with Crippen molar-refractivity contribution in [1.82, 2.24) is 4.98 Å². The lowest BCUT2D eigenvalue weighted by Gasteiger charge is -2.40. The number of ether oxygens (including phenoxy) is 1. The van der Waals surface area contributed by atoms with Gasteiger partial charge in [-0.15, -0.1) is 0 Å². The van der Waals surface area contributed by atoms with Crippen LogP contribution in [0.15, 0.2) is 109 Å². The SMILES string of the molecule is CN1C(=O)[C@@]2(Oc3ccccc31)ON(c1ccccc1)[C@@H](c1ccccn1)[C@@H]2c1ccccc1. The maximum Gasteiger partial charge on any atom is 0.322 e. The summed E-state index contributed by atoms with van der Waals surface area (Å²) in [6.07, 6.45) is 1.76. The molecule has 34 heavy (non-hydrogen) atoms. The predicted octanol–water partition coefficient (Wildman–Crippen LogP) is 5.11. The van der Waals surface area contributed by atoms with Crippen LogP contribution in [0.3, 0.4) is 0 Å². The van der Waals surface area contributed by atoms with Crippen LogP contribution in [0.25, 0.3) is 0 Å². The number of hydrogen-bond donors (Lipinski definition) is 0. The van der Waals surface area contributed by atoms with Crippen molar-refractivity contribution in [3.8, 4) is 5.75 Å². The lowest BCUT2D eigenvalue weighted by atomic mass is 9.81. The first-order valence-corrected chi connectivity index (χ1v) is 11.2. The van der Waals surface area contributed by atoms with Crippen LogP contribution < -0.4 is 14.7 Å². The number of anilines is 2. The zero-order valence-corrected chi connectivity index (χ0v) is 18.6. The maximum absolute atomic E-state index is 14.1. The molecule has 0 unspecified atom stereocenters. The molecule has 2 aliphatic heterocycles. The lowest BCUT2D eigenvalue weighted by molar-refractivity contribution is -0.186. The third kappa shape index (κ3) is 3.07. The molecule has 6 nitrogen and oxygen atoms in total. The highest BCUT2D eigenvalue weighted by Crippen LogP contribution is 2.56. The summed E-state index contributed by atoms with van der Waals surface area (Å²) in [5, 5.41) is 1.78. The van der Waals surface area contributed by atoms with E-state index in [0.717, 1.165) is 16.9 Å². The van der Waals surface area contributed by atoms with Gasteiger partial charge in [0.2, 0.25) is 0 Å². The Morgan fingerprint density at radius 3 is 2.24 bits per heavy atom. The number of pyridine rings is 1. The molecule has 1 saturated heterocycles. The van der Waals surface area contributed by atoms with Gasteiger partial charge in [0, 0.05) is 13.2 Å². The molecule has 0 saturated carbocycles. The predicted molar refractivity (Wildman–Crippen MR) is 129 cm³/mol. The lowest BCUT2D eigenvalue weighted by Crippen LogP contribution is -2.58. The Labute approximate surface area is 197 Å². The molecule has 0 N–H and O–H groups in total. The fraction of sp³-hybridized carbons (Fsp3) is 0.143. The van der Waals surface area contributed by atoms with Gasteiger partial charge in [-0.3, -0.25) is 9.78 Å². The van der Waals surface area contributed by atoms with E-state index in [1.54, 1.807) is 23.2 Å². The Morgan fingerprint density at radius 1 is 0.824 bits per heavy atom. The number of hydrogen-bond acceptors (Lipinski definition) is 5. The monoisotopic (exact) mass is 449 g/mol. The highest BCUT2D eigenvalue weighted by molar-refractivity contribution is 6.02. The zero-order valence-electron chi connectivity index (χ0n) is 18.6. The number of carbonyl (C=O) groups excluding carboxylic acids is 1. The molecule has 6 rings (SSSR count). The topological polar surface area (TPSA) is 54.9 Å². The molecule has 1 amide bonds. The second kappa shape index (κ2) is 8.01. The number of benzene rings is 3. The summed E-state index contributed by atoms with van der Waals surface area (Å²) in [7, 11) is 1.76. The Balaban J connectivity index is 1.60. The normalized spacial score (nSPS) is 23.6. The van der Waals surface area contributed by atoms with Crippen LogP contribution in [0, 0.1) is 0 Å². The van der Waals surface area contributed by atoms with E-state index < -0.39 is 17.7 Å². The zero-order chi connectivity index (χ0) is 23.1. The number of rotatable bonds is 3. The molecule has 2 aliphatic rings. The first-order valence-electron chi connectivity index (χ1n) is 11.2. The summed E-state index contributed by atoms with van der Waals surface area (Å²) in [6.45, 7) is 0. The van der Waals surface area contributed by atoms with Gasteiger partial charge in [0.15, 0.2) is 0 Å². The van der Waals surface area contributed by atoms with E-state index in [9.17, 15) is 4.79 Å². The first-order chi connectivity index (χ1) is 16.7. The van der Waals surface area contributed by atoms with Gasteiger partial charge in [-0.25, -0.2) is 9.90 Å². The molecule has 0 aliphatic carbocycles. The summed E-state index contributed by atoms with van der Waals surface area (Å²) >= 11 is 0. The number of nitrogens with zero attached hydrogens (tertiary/aromatic N) is 3. The highest BCUT2D eigenvalue weighted by atomic mass is 16.8. The summed E-state index contributed by atoms with van der Waals surface area (Å²) in [5.74, 6) is -1.77. The average molecular weight is 450 g/mol. The maximum atomic E-state index is 14.1. The minimum absolute atomic E-state index is 0.264. The van der Waals surface area contributed by atoms with Gasteiger partial charge in [0.1, 0.15) is 11.8 Å². The Hall–Kier alpha value is -4.16. The van der Waals surface area contributed by atoms with E-state index in [-0.39, 0.29) is 5.91 Å². The number of likely N-dealkylation sites (N-methyl/N-ethyl adjacent to an activating group) is 1. The third-order valence-corrected chi connectivity index (χ3v) is 6.46. The molecule has 0 bridgehead atoms. The van der Waals surface area contributed by atoms with Crippen LogP contribution >= 0.6 is 0 Å². The minimum Gasteiger partial charge on any atom is -0.449 e. The number of fused-ring (bicyclic) bond motifs is 1. The minimum atomic E-state index is -1.61. The summed E-state index contributed by atoms with van der Waals surface area (Å²) in [6, 6.07) is 32.6. The molecule has 6 heteroatoms. The van der Waals surface area contributed by atoms with Gasteiger partial charge in [0.25, 0.3) is 0 Å². The number of aromatic nitrogens is 1. The molecule has 1 spiro atoms. The number of para-hydroxylation sites is 3. The van der Waals surface area contributed by atoms with Crippen molar-refractivity contribution in [2.75, 3.05) is 17.0 Å². The van der Waals surface area contributed by atoms with Gasteiger partial charge in [-0.1, -0.05) is 66.7 Å². The molecular formula is C28H23N3O3. The second-order valence-electron chi connectivity index (χ2n) is 8.44.